The van der Waals surface area contributed by atoms with Gasteiger partial charge < -0.3 is 4.90 Å². The summed E-state index contributed by atoms with van der Waals surface area (Å²) in [5.41, 5.74) is 0.561. The highest BCUT2D eigenvalue weighted by atomic mass is 35.5. The third-order valence-corrected chi connectivity index (χ3v) is 4.47. The van der Waals surface area contributed by atoms with Gasteiger partial charge in [0.15, 0.2) is 0 Å². The van der Waals surface area contributed by atoms with Crippen LogP contribution < -0.4 is 9.62 Å². The van der Waals surface area contributed by atoms with Crippen molar-refractivity contribution in [3.63, 3.8) is 0 Å². The number of carbonyl (C=O) groups is 1. The van der Waals surface area contributed by atoms with E-state index < -0.39 is 10.2 Å². The van der Waals surface area contributed by atoms with E-state index in [0.29, 0.717) is 10.7 Å². The molecule has 6 nitrogen and oxygen atoms in total. The van der Waals surface area contributed by atoms with Crippen molar-refractivity contribution in [3.8, 4) is 0 Å². The lowest BCUT2D eigenvalue weighted by Gasteiger charge is -2.23. The fourth-order valence-corrected chi connectivity index (χ4v) is 2.38. The predicted octanol–water partition coefficient (Wildman–Crippen LogP) is 1.09. The Morgan fingerprint density at radius 1 is 1.30 bits per heavy atom. The van der Waals surface area contributed by atoms with Crippen molar-refractivity contribution in [1.82, 2.24) is 9.03 Å². The molecule has 0 heterocycles. The monoisotopic (exact) mass is 319 g/mol. The molecule has 0 saturated heterocycles. The molecule has 0 saturated carbocycles. The highest BCUT2D eigenvalue weighted by Crippen LogP contribution is 2.24. The van der Waals surface area contributed by atoms with Gasteiger partial charge in [-0.25, -0.2) is 4.72 Å². The standard InChI is InChI=1S/C12H18ClN3O3S/c1-10(17)16(12-7-5-4-6-11(12)13)9-8-14-20(18,19)15(2)3/h4-7,14H,8-9H2,1-3H3. The molecule has 1 N–H and O–H groups in total. The van der Waals surface area contributed by atoms with Crippen molar-refractivity contribution in [2.75, 3.05) is 32.1 Å². The minimum atomic E-state index is -3.50. The summed E-state index contributed by atoms with van der Waals surface area (Å²) in [6.07, 6.45) is 0. The molecule has 20 heavy (non-hydrogen) atoms. The van der Waals surface area contributed by atoms with Gasteiger partial charge in [0.2, 0.25) is 5.91 Å². The van der Waals surface area contributed by atoms with Crippen molar-refractivity contribution in [2.24, 2.45) is 0 Å². The van der Waals surface area contributed by atoms with Crippen LogP contribution in [-0.4, -0.2) is 45.8 Å². The number of para-hydroxylation sites is 1. The van der Waals surface area contributed by atoms with Crippen LogP contribution in [0.5, 0.6) is 0 Å². The molecule has 0 unspecified atom stereocenters. The molecular weight excluding hydrogens is 302 g/mol. The van der Waals surface area contributed by atoms with E-state index in [2.05, 4.69) is 4.72 Å². The summed E-state index contributed by atoms with van der Waals surface area (Å²) in [6.45, 7) is 1.71. The van der Waals surface area contributed by atoms with E-state index in [0.717, 1.165) is 4.31 Å². The molecule has 0 atom stereocenters. The molecule has 112 valence electrons. The first-order chi connectivity index (χ1) is 9.25. The summed E-state index contributed by atoms with van der Waals surface area (Å²) in [5, 5.41) is 0.443. The first kappa shape index (κ1) is 16.9. The maximum atomic E-state index is 11.7. The second kappa shape index (κ2) is 7.03. The first-order valence-corrected chi connectivity index (χ1v) is 7.77. The van der Waals surface area contributed by atoms with Crippen molar-refractivity contribution < 1.29 is 13.2 Å². The Hall–Kier alpha value is -1.15. The summed E-state index contributed by atoms with van der Waals surface area (Å²) in [4.78, 5) is 13.1. The maximum Gasteiger partial charge on any atom is 0.278 e. The molecule has 0 spiro atoms. The summed E-state index contributed by atoms with van der Waals surface area (Å²) in [7, 11) is -0.640. The highest BCUT2D eigenvalue weighted by molar-refractivity contribution is 7.87. The minimum Gasteiger partial charge on any atom is -0.310 e. The fourth-order valence-electron chi connectivity index (χ4n) is 1.53. The van der Waals surface area contributed by atoms with Crippen LogP contribution in [0.3, 0.4) is 0 Å². The third kappa shape index (κ3) is 4.45. The molecule has 0 fully saturated rings. The average molecular weight is 320 g/mol. The molecule has 0 aliphatic rings. The number of halogens is 1. The zero-order valence-electron chi connectivity index (χ0n) is 11.6. The van der Waals surface area contributed by atoms with Crippen LogP contribution >= 0.6 is 11.6 Å². The molecule has 8 heteroatoms. The number of rotatable bonds is 6. The van der Waals surface area contributed by atoms with Gasteiger partial charge >= 0.3 is 0 Å². The van der Waals surface area contributed by atoms with E-state index in [-0.39, 0.29) is 19.0 Å². The number of nitrogens with zero attached hydrogens (tertiary/aromatic N) is 2. The lowest BCUT2D eigenvalue weighted by Crippen LogP contribution is -2.41. The van der Waals surface area contributed by atoms with Crippen molar-refractivity contribution >= 4 is 33.4 Å². The zero-order chi connectivity index (χ0) is 15.3. The molecule has 1 aromatic carbocycles. The normalized spacial score (nSPS) is 11.7. The lowest BCUT2D eigenvalue weighted by atomic mass is 10.3. The summed E-state index contributed by atoms with van der Waals surface area (Å²) in [5.74, 6) is -0.206. The van der Waals surface area contributed by atoms with Crippen LogP contribution in [0.25, 0.3) is 0 Å². The number of amides is 1. The van der Waals surface area contributed by atoms with Gasteiger partial charge in [-0.05, 0) is 12.1 Å². The Labute approximate surface area is 124 Å². The lowest BCUT2D eigenvalue weighted by molar-refractivity contribution is -0.116. The number of hydrogen-bond donors (Lipinski definition) is 1. The molecule has 0 radical (unpaired) electrons. The predicted molar refractivity (Wildman–Crippen MR) is 80.1 cm³/mol. The van der Waals surface area contributed by atoms with Gasteiger partial charge in [0.1, 0.15) is 0 Å². The molecule has 1 aromatic rings. The molecule has 1 rings (SSSR count). The number of hydrogen-bond acceptors (Lipinski definition) is 3. The molecule has 0 aliphatic carbocycles. The number of nitrogens with one attached hydrogen (secondary N) is 1. The van der Waals surface area contributed by atoms with Gasteiger partial charge in [-0.1, -0.05) is 23.7 Å². The molecule has 0 aromatic heterocycles. The Morgan fingerprint density at radius 2 is 1.90 bits per heavy atom. The Bertz CT molecular complexity index is 575. The van der Waals surface area contributed by atoms with Gasteiger partial charge in [0.25, 0.3) is 10.2 Å². The molecule has 1 amide bonds. The smallest absolute Gasteiger partial charge is 0.278 e. The Balaban J connectivity index is 2.76. The summed E-state index contributed by atoms with van der Waals surface area (Å²) >= 11 is 6.04. The first-order valence-electron chi connectivity index (χ1n) is 5.95. The van der Waals surface area contributed by atoms with Crippen LogP contribution in [-0.2, 0) is 15.0 Å². The topological polar surface area (TPSA) is 69.7 Å². The SMILES string of the molecule is CC(=O)N(CCNS(=O)(=O)N(C)C)c1ccccc1Cl. The Morgan fingerprint density at radius 3 is 2.40 bits per heavy atom. The van der Waals surface area contributed by atoms with Crippen LogP contribution in [0.1, 0.15) is 6.92 Å². The van der Waals surface area contributed by atoms with Gasteiger partial charge in [0.05, 0.1) is 10.7 Å². The van der Waals surface area contributed by atoms with Gasteiger partial charge in [-0.15, -0.1) is 0 Å². The van der Waals surface area contributed by atoms with Crippen molar-refractivity contribution in [2.45, 2.75) is 6.92 Å². The third-order valence-electron chi connectivity index (χ3n) is 2.62. The fraction of sp³-hybridized carbons (Fsp3) is 0.417. The van der Waals surface area contributed by atoms with E-state index >= 15 is 0 Å². The largest absolute Gasteiger partial charge is 0.310 e. The van der Waals surface area contributed by atoms with Crippen molar-refractivity contribution in [1.29, 1.82) is 0 Å². The van der Waals surface area contributed by atoms with Gasteiger partial charge in [-0.2, -0.15) is 12.7 Å². The number of carbonyl (C=O) groups excluding carboxylic acids is 1. The van der Waals surface area contributed by atoms with E-state index in [1.54, 1.807) is 24.3 Å². The second-order valence-electron chi connectivity index (χ2n) is 4.30. The van der Waals surface area contributed by atoms with Crippen LogP contribution in [0.2, 0.25) is 5.02 Å². The summed E-state index contributed by atoms with van der Waals surface area (Å²) in [6, 6.07) is 6.92. The van der Waals surface area contributed by atoms with Crippen LogP contribution in [0, 0.1) is 0 Å². The number of benzene rings is 1. The van der Waals surface area contributed by atoms with E-state index in [4.69, 9.17) is 11.6 Å². The van der Waals surface area contributed by atoms with Crippen molar-refractivity contribution in [3.05, 3.63) is 29.3 Å². The second-order valence-corrected chi connectivity index (χ2v) is 6.68. The van der Waals surface area contributed by atoms with E-state index in [1.165, 1.54) is 25.9 Å². The maximum absolute atomic E-state index is 11.7. The van der Waals surface area contributed by atoms with Crippen LogP contribution in [0.15, 0.2) is 24.3 Å². The average Bonchev–Trinajstić information content (AvgIpc) is 2.35. The van der Waals surface area contributed by atoms with E-state index in [1.807, 2.05) is 0 Å². The number of anilines is 1. The molecular formula is C12H18ClN3O3S. The Kier molecular flexibility index (Phi) is 5.94. The quantitative estimate of drug-likeness (QED) is 0.853. The van der Waals surface area contributed by atoms with Gasteiger partial charge in [0, 0.05) is 34.1 Å². The van der Waals surface area contributed by atoms with Gasteiger partial charge in [-0.3, -0.25) is 4.79 Å². The molecule has 0 bridgehead atoms. The zero-order valence-corrected chi connectivity index (χ0v) is 13.2. The molecule has 0 aliphatic heterocycles. The summed E-state index contributed by atoms with van der Waals surface area (Å²) < 4.78 is 26.6. The minimum absolute atomic E-state index is 0.102. The highest BCUT2D eigenvalue weighted by Gasteiger charge is 2.17. The van der Waals surface area contributed by atoms with Crippen LogP contribution in [0.4, 0.5) is 5.69 Å². The van der Waals surface area contributed by atoms with E-state index in [9.17, 15) is 13.2 Å².